The van der Waals surface area contributed by atoms with Crippen LogP contribution in [0.15, 0.2) is 41.1 Å². The first-order chi connectivity index (χ1) is 8.16. The van der Waals surface area contributed by atoms with Crippen LogP contribution in [0.2, 0.25) is 0 Å². The van der Waals surface area contributed by atoms with Crippen LogP contribution in [0.5, 0.6) is 6.08 Å². The van der Waals surface area contributed by atoms with Crippen molar-refractivity contribution in [2.45, 2.75) is 0 Å². The van der Waals surface area contributed by atoms with Crippen molar-refractivity contribution in [1.82, 2.24) is 4.98 Å². The molecule has 86 valence electrons. The molecule has 1 N–H and O–H groups in total. The highest BCUT2D eigenvalue weighted by atomic mass is 16.6. The highest BCUT2D eigenvalue weighted by molar-refractivity contribution is 5.95. The largest absolute Gasteiger partial charge is 0.478 e. The van der Waals surface area contributed by atoms with Crippen LogP contribution < -0.4 is 4.74 Å². The molecule has 0 aliphatic rings. The maximum atomic E-state index is 11.6. The van der Waals surface area contributed by atoms with E-state index >= 15 is 0 Å². The van der Waals surface area contributed by atoms with Crippen molar-refractivity contribution >= 4 is 11.9 Å². The lowest BCUT2D eigenvalue weighted by Gasteiger charge is -2.00. The normalized spacial score (nSPS) is 9.88. The number of rotatable bonds is 3. The predicted octanol–water partition coefficient (Wildman–Crippen LogP) is 1.59. The minimum atomic E-state index is -1.12. The number of carboxylic acids is 1. The van der Waals surface area contributed by atoms with Crippen molar-refractivity contribution in [3.05, 3.63) is 47.9 Å². The van der Waals surface area contributed by atoms with Gasteiger partial charge in [-0.25, -0.2) is 9.59 Å². The number of hydrogen-bond donors (Lipinski definition) is 1. The SMILES string of the molecule is O=C(O)c1cccc(C(=O)Oc2ncco2)c1. The average Bonchev–Trinajstić information content (AvgIpc) is 2.82. The van der Waals surface area contributed by atoms with Crippen molar-refractivity contribution < 1.29 is 23.8 Å². The summed E-state index contributed by atoms with van der Waals surface area (Å²) < 4.78 is 9.50. The van der Waals surface area contributed by atoms with Gasteiger partial charge in [-0.1, -0.05) is 6.07 Å². The molecule has 0 spiro atoms. The molecule has 0 fully saturated rings. The number of nitrogens with zero attached hydrogens (tertiary/aromatic N) is 1. The highest BCUT2D eigenvalue weighted by Crippen LogP contribution is 2.11. The number of esters is 1. The van der Waals surface area contributed by atoms with E-state index in [1.807, 2.05) is 0 Å². The van der Waals surface area contributed by atoms with Crippen LogP contribution in [0.4, 0.5) is 0 Å². The van der Waals surface area contributed by atoms with Crippen LogP contribution >= 0.6 is 0 Å². The van der Waals surface area contributed by atoms with Crippen LogP contribution in [-0.2, 0) is 0 Å². The fourth-order valence-electron chi connectivity index (χ4n) is 1.18. The molecule has 0 amide bonds. The van der Waals surface area contributed by atoms with Crippen LogP contribution in [0.3, 0.4) is 0 Å². The molecule has 6 nitrogen and oxygen atoms in total. The van der Waals surface area contributed by atoms with Gasteiger partial charge in [0.2, 0.25) is 0 Å². The molecule has 1 heterocycles. The second-order valence-electron chi connectivity index (χ2n) is 3.07. The van der Waals surface area contributed by atoms with Gasteiger partial charge < -0.3 is 14.3 Å². The third-order valence-corrected chi connectivity index (χ3v) is 1.93. The fraction of sp³-hybridized carbons (Fsp3) is 0. The third-order valence-electron chi connectivity index (χ3n) is 1.93. The standard InChI is InChI=1S/C11H7NO5/c13-9(14)7-2-1-3-8(6-7)10(15)17-11-12-4-5-16-11/h1-6H,(H,13,14). The van der Waals surface area contributed by atoms with Crippen molar-refractivity contribution in [1.29, 1.82) is 0 Å². The molecular formula is C11H7NO5. The van der Waals surface area contributed by atoms with Crippen LogP contribution in [0.1, 0.15) is 20.7 Å². The number of hydrogen-bond acceptors (Lipinski definition) is 5. The van der Waals surface area contributed by atoms with Gasteiger partial charge in [-0.05, 0) is 18.2 Å². The summed E-state index contributed by atoms with van der Waals surface area (Å²) in [5.74, 6) is -1.84. The van der Waals surface area contributed by atoms with Crippen LogP contribution in [0, 0.1) is 0 Å². The Morgan fingerprint density at radius 3 is 2.71 bits per heavy atom. The van der Waals surface area contributed by atoms with Gasteiger partial charge in [-0.2, -0.15) is 4.98 Å². The van der Waals surface area contributed by atoms with Crippen molar-refractivity contribution in [2.75, 3.05) is 0 Å². The predicted molar refractivity (Wildman–Crippen MR) is 54.9 cm³/mol. The van der Waals surface area contributed by atoms with Gasteiger partial charge >= 0.3 is 18.0 Å². The Bertz CT molecular complexity index is 547. The number of carboxylic acid groups (broad SMARTS) is 1. The van der Waals surface area contributed by atoms with Crippen molar-refractivity contribution in [3.63, 3.8) is 0 Å². The third kappa shape index (κ3) is 2.49. The summed E-state index contributed by atoms with van der Waals surface area (Å²) in [5, 5.41) is 8.76. The first-order valence-corrected chi connectivity index (χ1v) is 4.62. The Balaban J connectivity index is 2.19. The molecule has 6 heteroatoms. The zero-order valence-corrected chi connectivity index (χ0v) is 8.49. The van der Waals surface area contributed by atoms with E-state index in [1.54, 1.807) is 0 Å². The topological polar surface area (TPSA) is 89.6 Å². The van der Waals surface area contributed by atoms with Crippen molar-refractivity contribution in [2.24, 2.45) is 0 Å². The molecule has 0 atom stereocenters. The molecule has 0 radical (unpaired) electrons. The maximum Gasteiger partial charge on any atom is 0.401 e. The quantitative estimate of drug-likeness (QED) is 0.809. The zero-order chi connectivity index (χ0) is 12.3. The monoisotopic (exact) mass is 233 g/mol. The van der Waals surface area contributed by atoms with E-state index in [0.29, 0.717) is 0 Å². The Labute approximate surface area is 95.5 Å². The lowest BCUT2D eigenvalue weighted by molar-refractivity contribution is 0.0683. The molecule has 0 aliphatic heterocycles. The van der Waals surface area contributed by atoms with E-state index in [1.165, 1.54) is 36.7 Å². The van der Waals surface area contributed by atoms with E-state index in [9.17, 15) is 9.59 Å². The molecule has 0 saturated heterocycles. The molecule has 0 unspecified atom stereocenters. The summed E-state index contributed by atoms with van der Waals surface area (Å²) in [6, 6.07) is 5.49. The summed E-state index contributed by atoms with van der Waals surface area (Å²) in [6.07, 6.45) is 2.41. The Morgan fingerprint density at radius 1 is 1.29 bits per heavy atom. The van der Waals surface area contributed by atoms with Gasteiger partial charge in [-0.3, -0.25) is 0 Å². The molecule has 1 aromatic heterocycles. The summed E-state index contributed by atoms with van der Waals surface area (Å²) in [7, 11) is 0. The molecule has 0 saturated carbocycles. The van der Waals surface area contributed by atoms with Gasteiger partial charge in [0.25, 0.3) is 0 Å². The number of carbonyl (C=O) groups excluding carboxylic acids is 1. The Morgan fingerprint density at radius 2 is 2.06 bits per heavy atom. The van der Waals surface area contributed by atoms with Gasteiger partial charge in [0, 0.05) is 0 Å². The Hall–Kier alpha value is -2.63. The van der Waals surface area contributed by atoms with E-state index in [0.717, 1.165) is 0 Å². The number of benzene rings is 1. The van der Waals surface area contributed by atoms with Crippen molar-refractivity contribution in [3.8, 4) is 6.08 Å². The first-order valence-electron chi connectivity index (χ1n) is 4.62. The van der Waals surface area contributed by atoms with Gasteiger partial charge in [0.1, 0.15) is 6.26 Å². The molecule has 1 aromatic carbocycles. The second kappa shape index (κ2) is 4.48. The summed E-state index contributed by atoms with van der Waals surface area (Å²) in [4.78, 5) is 25.9. The molecular weight excluding hydrogens is 226 g/mol. The molecule has 17 heavy (non-hydrogen) atoms. The summed E-state index contributed by atoms with van der Waals surface area (Å²) in [6.45, 7) is 0. The number of oxazole rings is 1. The molecule has 2 rings (SSSR count). The van der Waals surface area contributed by atoms with E-state index < -0.39 is 11.9 Å². The molecule has 0 bridgehead atoms. The lowest BCUT2D eigenvalue weighted by atomic mass is 10.1. The number of aromatic carboxylic acids is 1. The number of aromatic nitrogens is 1. The molecule has 0 aliphatic carbocycles. The summed E-state index contributed by atoms with van der Waals surface area (Å²) >= 11 is 0. The summed E-state index contributed by atoms with van der Waals surface area (Å²) in [5.41, 5.74) is 0.120. The van der Waals surface area contributed by atoms with E-state index in [-0.39, 0.29) is 17.2 Å². The second-order valence-corrected chi connectivity index (χ2v) is 3.07. The van der Waals surface area contributed by atoms with Crippen LogP contribution in [-0.4, -0.2) is 22.0 Å². The minimum absolute atomic E-state index is 0.00635. The fourth-order valence-corrected chi connectivity index (χ4v) is 1.18. The van der Waals surface area contributed by atoms with Gasteiger partial charge in [-0.15, -0.1) is 0 Å². The maximum absolute atomic E-state index is 11.6. The van der Waals surface area contributed by atoms with Crippen LogP contribution in [0.25, 0.3) is 0 Å². The smallest absolute Gasteiger partial charge is 0.401 e. The number of carbonyl (C=O) groups is 2. The average molecular weight is 233 g/mol. The zero-order valence-electron chi connectivity index (χ0n) is 8.49. The van der Waals surface area contributed by atoms with Gasteiger partial charge in [0.15, 0.2) is 0 Å². The minimum Gasteiger partial charge on any atom is -0.478 e. The lowest BCUT2D eigenvalue weighted by Crippen LogP contribution is -2.09. The highest BCUT2D eigenvalue weighted by Gasteiger charge is 2.13. The number of ether oxygens (including phenoxy) is 1. The molecule has 2 aromatic rings. The first kappa shape index (κ1) is 10.9. The van der Waals surface area contributed by atoms with E-state index in [2.05, 4.69) is 4.98 Å². The Kier molecular flexibility index (Phi) is 2.87. The van der Waals surface area contributed by atoms with Gasteiger partial charge in [0.05, 0.1) is 17.3 Å². The van der Waals surface area contributed by atoms with E-state index in [4.69, 9.17) is 14.3 Å².